The first-order valence-electron chi connectivity index (χ1n) is 6.24. The van der Waals surface area contributed by atoms with Crippen molar-refractivity contribution in [3.63, 3.8) is 0 Å². The van der Waals surface area contributed by atoms with E-state index in [0.29, 0.717) is 12.0 Å². The van der Waals surface area contributed by atoms with Gasteiger partial charge in [0.1, 0.15) is 6.04 Å². The summed E-state index contributed by atoms with van der Waals surface area (Å²) in [5, 5.41) is 18.0. The van der Waals surface area contributed by atoms with Crippen LogP contribution in [0.4, 0.5) is 0 Å². The second-order valence-corrected chi connectivity index (χ2v) is 4.34. The summed E-state index contributed by atoms with van der Waals surface area (Å²) in [7, 11) is 0. The Kier molecular flexibility index (Phi) is 4.14. The minimum atomic E-state index is -1.04. The maximum absolute atomic E-state index is 12.0. The van der Waals surface area contributed by atoms with Crippen LogP contribution in [0.25, 0.3) is 11.1 Å². The van der Waals surface area contributed by atoms with E-state index in [1.165, 1.54) is 0 Å². The number of carbonyl (C=O) groups excluding carboxylic acids is 1. The van der Waals surface area contributed by atoms with Gasteiger partial charge in [-0.15, -0.1) is 0 Å². The normalized spacial score (nSPS) is 11.8. The third-order valence-electron chi connectivity index (χ3n) is 2.97. The van der Waals surface area contributed by atoms with Gasteiger partial charge in [0.25, 0.3) is 5.91 Å². The Morgan fingerprint density at radius 3 is 2.80 bits per heavy atom. The number of H-pyrrole nitrogens is 1. The monoisotopic (exact) mass is 273 g/mol. The summed E-state index contributed by atoms with van der Waals surface area (Å²) in [5.74, 6) is -1.43. The molecule has 0 aliphatic heterocycles. The van der Waals surface area contributed by atoms with E-state index in [1.807, 2.05) is 6.07 Å². The average Bonchev–Trinajstić information content (AvgIpc) is 2.98. The Morgan fingerprint density at radius 1 is 1.40 bits per heavy atom. The summed E-state index contributed by atoms with van der Waals surface area (Å²) in [6, 6.07) is 6.08. The largest absolute Gasteiger partial charge is 0.480 e. The molecule has 0 aliphatic rings. The highest BCUT2D eigenvalue weighted by Gasteiger charge is 2.18. The van der Waals surface area contributed by atoms with Crippen LogP contribution >= 0.6 is 0 Å². The number of aromatic nitrogens is 2. The number of aromatic amines is 1. The molecule has 0 spiro atoms. The van der Waals surface area contributed by atoms with E-state index in [9.17, 15) is 9.59 Å². The van der Waals surface area contributed by atoms with Crippen LogP contribution in [0.2, 0.25) is 0 Å². The molecule has 3 N–H and O–H groups in total. The van der Waals surface area contributed by atoms with Crippen molar-refractivity contribution >= 4 is 11.9 Å². The van der Waals surface area contributed by atoms with Crippen molar-refractivity contribution in [3.05, 3.63) is 42.2 Å². The van der Waals surface area contributed by atoms with Gasteiger partial charge in [0, 0.05) is 17.3 Å². The highest BCUT2D eigenvalue weighted by molar-refractivity contribution is 5.97. The fraction of sp³-hybridized carbons (Fsp3) is 0.214. The van der Waals surface area contributed by atoms with Gasteiger partial charge in [-0.1, -0.05) is 19.1 Å². The molecule has 1 unspecified atom stereocenters. The maximum atomic E-state index is 12.0. The molecule has 2 rings (SSSR count). The molecule has 0 bridgehead atoms. The third kappa shape index (κ3) is 3.03. The Balaban J connectivity index is 2.19. The van der Waals surface area contributed by atoms with Crippen molar-refractivity contribution in [2.75, 3.05) is 0 Å². The number of rotatable bonds is 5. The van der Waals surface area contributed by atoms with Gasteiger partial charge in [-0.2, -0.15) is 5.10 Å². The predicted molar refractivity (Wildman–Crippen MR) is 73.2 cm³/mol. The molecule has 0 aliphatic carbocycles. The van der Waals surface area contributed by atoms with Gasteiger partial charge in [0.15, 0.2) is 0 Å². The van der Waals surface area contributed by atoms with Crippen molar-refractivity contribution in [2.24, 2.45) is 0 Å². The number of aliphatic carboxylic acids is 1. The average molecular weight is 273 g/mol. The van der Waals surface area contributed by atoms with Crippen LogP contribution in [0.1, 0.15) is 23.7 Å². The first-order chi connectivity index (χ1) is 9.61. The molecule has 1 heterocycles. The van der Waals surface area contributed by atoms with Crippen molar-refractivity contribution in [2.45, 2.75) is 19.4 Å². The molecular weight excluding hydrogens is 258 g/mol. The molecule has 0 saturated heterocycles. The molecule has 1 atom stereocenters. The van der Waals surface area contributed by atoms with Crippen molar-refractivity contribution in [1.82, 2.24) is 15.5 Å². The summed E-state index contributed by atoms with van der Waals surface area (Å²) in [5.41, 5.74) is 2.13. The first-order valence-corrected chi connectivity index (χ1v) is 6.24. The smallest absolute Gasteiger partial charge is 0.326 e. The van der Waals surface area contributed by atoms with Crippen LogP contribution in [-0.4, -0.2) is 33.2 Å². The van der Waals surface area contributed by atoms with E-state index in [-0.39, 0.29) is 0 Å². The van der Waals surface area contributed by atoms with E-state index in [2.05, 4.69) is 15.5 Å². The van der Waals surface area contributed by atoms with Gasteiger partial charge in [-0.3, -0.25) is 9.89 Å². The van der Waals surface area contributed by atoms with Crippen molar-refractivity contribution < 1.29 is 14.7 Å². The number of carbonyl (C=O) groups is 2. The molecule has 1 aromatic carbocycles. The van der Waals surface area contributed by atoms with Gasteiger partial charge in [0.2, 0.25) is 0 Å². The lowest BCUT2D eigenvalue weighted by Crippen LogP contribution is -2.40. The minimum Gasteiger partial charge on any atom is -0.480 e. The van der Waals surface area contributed by atoms with E-state index < -0.39 is 17.9 Å². The molecule has 1 amide bonds. The number of amides is 1. The standard InChI is InChI=1S/C14H15N3O3/c1-2-12(14(19)20)17-13(18)10-5-3-4-9(6-10)11-7-15-16-8-11/h3-8,12H,2H2,1H3,(H,15,16)(H,17,18)(H,19,20). The van der Waals surface area contributed by atoms with Gasteiger partial charge in [-0.25, -0.2) is 4.79 Å². The second kappa shape index (κ2) is 6.01. The summed E-state index contributed by atoms with van der Waals surface area (Å²) >= 11 is 0. The SMILES string of the molecule is CCC(NC(=O)c1cccc(-c2cn[nH]c2)c1)C(=O)O. The molecule has 0 radical (unpaired) electrons. The van der Waals surface area contributed by atoms with Crippen molar-refractivity contribution in [1.29, 1.82) is 0 Å². The topological polar surface area (TPSA) is 95.1 Å². The fourth-order valence-corrected chi connectivity index (χ4v) is 1.83. The number of benzene rings is 1. The molecule has 6 heteroatoms. The molecule has 1 aromatic heterocycles. The number of nitrogens with one attached hydrogen (secondary N) is 2. The van der Waals surface area contributed by atoms with Crippen molar-refractivity contribution in [3.8, 4) is 11.1 Å². The van der Waals surface area contributed by atoms with Crippen LogP contribution in [0.5, 0.6) is 0 Å². The first kappa shape index (κ1) is 13.8. The van der Waals surface area contributed by atoms with Gasteiger partial charge >= 0.3 is 5.97 Å². The number of hydrogen-bond acceptors (Lipinski definition) is 3. The zero-order chi connectivity index (χ0) is 14.5. The zero-order valence-corrected chi connectivity index (χ0v) is 11.0. The Morgan fingerprint density at radius 2 is 2.20 bits per heavy atom. The maximum Gasteiger partial charge on any atom is 0.326 e. The summed E-state index contributed by atoms with van der Waals surface area (Å²) in [6.07, 6.45) is 3.72. The zero-order valence-electron chi connectivity index (χ0n) is 11.0. The Bertz CT molecular complexity index is 608. The molecular formula is C14H15N3O3. The van der Waals surface area contributed by atoms with Crippen LogP contribution < -0.4 is 5.32 Å². The van der Waals surface area contributed by atoms with E-state index in [1.54, 1.807) is 37.5 Å². The molecule has 2 aromatic rings. The van der Waals surface area contributed by atoms with E-state index >= 15 is 0 Å². The van der Waals surface area contributed by atoms with E-state index in [0.717, 1.165) is 11.1 Å². The molecule has 0 saturated carbocycles. The Labute approximate surface area is 115 Å². The highest BCUT2D eigenvalue weighted by atomic mass is 16.4. The lowest BCUT2D eigenvalue weighted by atomic mass is 10.1. The number of carboxylic acid groups (broad SMARTS) is 1. The quantitative estimate of drug-likeness (QED) is 0.772. The number of nitrogens with zero attached hydrogens (tertiary/aromatic N) is 1. The molecule has 6 nitrogen and oxygen atoms in total. The summed E-state index contributed by atoms with van der Waals surface area (Å²) in [6.45, 7) is 1.71. The Hall–Kier alpha value is -2.63. The lowest BCUT2D eigenvalue weighted by molar-refractivity contribution is -0.139. The fourth-order valence-electron chi connectivity index (χ4n) is 1.83. The third-order valence-corrected chi connectivity index (χ3v) is 2.97. The van der Waals surface area contributed by atoms with Gasteiger partial charge in [-0.05, 0) is 24.1 Å². The van der Waals surface area contributed by atoms with E-state index in [4.69, 9.17) is 5.11 Å². The predicted octanol–water partition coefficient (Wildman–Crippen LogP) is 1.67. The van der Waals surface area contributed by atoms with Crippen LogP contribution in [-0.2, 0) is 4.79 Å². The minimum absolute atomic E-state index is 0.336. The summed E-state index contributed by atoms with van der Waals surface area (Å²) < 4.78 is 0. The van der Waals surface area contributed by atoms with Crippen LogP contribution in [0, 0.1) is 0 Å². The number of carboxylic acids is 1. The lowest BCUT2D eigenvalue weighted by Gasteiger charge is -2.12. The van der Waals surface area contributed by atoms with Gasteiger partial charge in [0.05, 0.1) is 6.20 Å². The molecule has 104 valence electrons. The molecule has 20 heavy (non-hydrogen) atoms. The van der Waals surface area contributed by atoms with Gasteiger partial charge < -0.3 is 10.4 Å². The summed E-state index contributed by atoms with van der Waals surface area (Å²) in [4.78, 5) is 23.0. The van der Waals surface area contributed by atoms with Crippen LogP contribution in [0.15, 0.2) is 36.7 Å². The van der Waals surface area contributed by atoms with Crippen LogP contribution in [0.3, 0.4) is 0 Å². The second-order valence-electron chi connectivity index (χ2n) is 4.34. The number of hydrogen-bond donors (Lipinski definition) is 3. The molecule has 0 fully saturated rings. The highest BCUT2D eigenvalue weighted by Crippen LogP contribution is 2.18.